The molecule has 0 atom stereocenters. The molecule has 0 radical (unpaired) electrons. The zero-order chi connectivity index (χ0) is 16.6. The number of aryl methyl sites for hydroxylation is 1. The van der Waals surface area contributed by atoms with Crippen LogP contribution < -0.4 is 4.57 Å². The van der Waals surface area contributed by atoms with Crippen LogP contribution >= 0.6 is 0 Å². The minimum Gasteiger partial charge on any atom is -0.398 e. The minimum atomic E-state index is 0.937. The van der Waals surface area contributed by atoms with Gasteiger partial charge in [-0.15, -0.1) is 0 Å². The number of fused-ring (bicyclic) bond motifs is 3. The van der Waals surface area contributed by atoms with Gasteiger partial charge in [0.2, 0.25) is 5.58 Å². The minimum absolute atomic E-state index is 0.937. The van der Waals surface area contributed by atoms with Gasteiger partial charge in [0.1, 0.15) is 0 Å². The van der Waals surface area contributed by atoms with E-state index in [4.69, 9.17) is 4.42 Å². The lowest BCUT2D eigenvalue weighted by Gasteiger charge is -2.16. The fourth-order valence-corrected chi connectivity index (χ4v) is 3.75. The zero-order valence-corrected chi connectivity index (χ0v) is 13.9. The van der Waals surface area contributed by atoms with E-state index in [1.807, 2.05) is 12.1 Å². The summed E-state index contributed by atoms with van der Waals surface area (Å²) in [6.45, 7) is 0.937. The summed E-state index contributed by atoms with van der Waals surface area (Å²) in [5.41, 5.74) is 7.14. The summed E-state index contributed by atoms with van der Waals surface area (Å²) in [5, 5.41) is 0. The molecule has 0 N–H and O–H groups in total. The highest BCUT2D eigenvalue weighted by Gasteiger charge is 2.33. The van der Waals surface area contributed by atoms with E-state index >= 15 is 0 Å². The maximum atomic E-state index is 6.31. The third-order valence-electron chi connectivity index (χ3n) is 4.89. The molecule has 2 heteroatoms. The maximum Gasteiger partial charge on any atom is 0.382 e. The lowest BCUT2D eigenvalue weighted by molar-refractivity contribution is -0.678. The van der Waals surface area contributed by atoms with Crippen molar-refractivity contribution >= 4 is 22.2 Å². The molecular weight excluding hydrogens is 306 g/mol. The predicted molar refractivity (Wildman–Crippen MR) is 99.8 cm³/mol. The lowest BCUT2D eigenvalue weighted by atomic mass is 9.90. The Morgan fingerprint density at radius 1 is 0.680 bits per heavy atom. The Balaban J connectivity index is 1.84. The fraction of sp³-hybridized carbons (Fsp3) is 0.0870. The van der Waals surface area contributed by atoms with Crippen LogP contribution in [0.4, 0.5) is 0 Å². The standard InChI is InChI=1S/C23H18NO/c1-3-9-17(10-4-1)19-15-16-24-20-13-7-8-14-21(20)25-23(24)22(19)18-11-5-2-6-12-18/h1-14H,15-16H2/q+1. The van der Waals surface area contributed by atoms with Crippen molar-refractivity contribution in [2.24, 2.45) is 0 Å². The summed E-state index contributed by atoms with van der Waals surface area (Å²) in [7, 11) is 0. The van der Waals surface area contributed by atoms with Crippen LogP contribution in [0.3, 0.4) is 0 Å². The number of hydrogen-bond donors (Lipinski definition) is 0. The predicted octanol–water partition coefficient (Wildman–Crippen LogP) is 5.08. The van der Waals surface area contributed by atoms with Crippen molar-refractivity contribution in [3.63, 3.8) is 0 Å². The molecule has 0 unspecified atom stereocenters. The van der Waals surface area contributed by atoms with Crippen LogP contribution in [0.1, 0.15) is 23.4 Å². The largest absolute Gasteiger partial charge is 0.398 e. The Bertz CT molecular complexity index is 1080. The Kier molecular flexibility index (Phi) is 3.27. The highest BCUT2D eigenvalue weighted by molar-refractivity contribution is 5.97. The average Bonchev–Trinajstić information content (AvgIpc) is 3.07. The molecule has 0 amide bonds. The van der Waals surface area contributed by atoms with Crippen LogP contribution in [0, 0.1) is 0 Å². The summed E-state index contributed by atoms with van der Waals surface area (Å²) in [5.74, 6) is 0.956. The van der Waals surface area contributed by atoms with E-state index in [0.29, 0.717) is 0 Å². The number of oxazole rings is 1. The van der Waals surface area contributed by atoms with Crippen molar-refractivity contribution in [3.8, 4) is 0 Å². The Labute approximate surface area is 146 Å². The number of para-hydroxylation sites is 2. The lowest BCUT2D eigenvalue weighted by Crippen LogP contribution is -2.39. The second kappa shape index (κ2) is 5.75. The van der Waals surface area contributed by atoms with Gasteiger partial charge in [-0.3, -0.25) is 0 Å². The van der Waals surface area contributed by atoms with Gasteiger partial charge in [-0.25, -0.2) is 0 Å². The molecule has 120 valence electrons. The molecule has 5 rings (SSSR count). The highest BCUT2D eigenvalue weighted by Crippen LogP contribution is 2.37. The Hall–Kier alpha value is -3.13. The van der Waals surface area contributed by atoms with E-state index in [1.54, 1.807) is 0 Å². The van der Waals surface area contributed by atoms with Crippen LogP contribution in [-0.2, 0) is 6.54 Å². The molecule has 0 saturated carbocycles. The van der Waals surface area contributed by atoms with Gasteiger partial charge in [0.15, 0.2) is 6.54 Å². The SMILES string of the molecule is c1ccc(C2=C(c3ccccc3)c3oc4ccccc4[n+]3CC2)cc1. The molecule has 2 heterocycles. The summed E-state index contributed by atoms with van der Waals surface area (Å²) in [4.78, 5) is 0. The third-order valence-corrected chi connectivity index (χ3v) is 4.89. The van der Waals surface area contributed by atoms with Crippen molar-refractivity contribution in [1.29, 1.82) is 0 Å². The Morgan fingerprint density at radius 3 is 2.08 bits per heavy atom. The van der Waals surface area contributed by atoms with Gasteiger partial charge in [0.05, 0.1) is 5.57 Å². The number of nitrogens with zero attached hydrogens (tertiary/aromatic N) is 1. The first-order valence-corrected chi connectivity index (χ1v) is 8.67. The molecule has 25 heavy (non-hydrogen) atoms. The van der Waals surface area contributed by atoms with Gasteiger partial charge in [-0.05, 0) is 22.8 Å². The summed E-state index contributed by atoms with van der Waals surface area (Å²) in [6.07, 6.45) is 0.995. The molecule has 0 bridgehead atoms. The normalized spacial score (nSPS) is 13.9. The van der Waals surface area contributed by atoms with E-state index < -0.39 is 0 Å². The van der Waals surface area contributed by atoms with E-state index in [-0.39, 0.29) is 0 Å². The first-order valence-electron chi connectivity index (χ1n) is 8.67. The van der Waals surface area contributed by atoms with Crippen LogP contribution in [-0.4, -0.2) is 0 Å². The zero-order valence-electron chi connectivity index (χ0n) is 13.9. The van der Waals surface area contributed by atoms with Crippen LogP contribution in [0.15, 0.2) is 89.3 Å². The summed E-state index contributed by atoms with van der Waals surface area (Å²) >= 11 is 0. The topological polar surface area (TPSA) is 17.0 Å². The molecule has 0 aliphatic carbocycles. The van der Waals surface area contributed by atoms with Crippen molar-refractivity contribution in [3.05, 3.63) is 102 Å². The van der Waals surface area contributed by atoms with Crippen molar-refractivity contribution in [2.45, 2.75) is 13.0 Å². The second-order valence-corrected chi connectivity index (χ2v) is 6.36. The van der Waals surface area contributed by atoms with Gasteiger partial charge >= 0.3 is 5.89 Å². The van der Waals surface area contributed by atoms with Gasteiger partial charge < -0.3 is 4.42 Å². The van der Waals surface area contributed by atoms with Crippen molar-refractivity contribution < 1.29 is 8.98 Å². The van der Waals surface area contributed by atoms with Gasteiger partial charge in [-0.1, -0.05) is 72.8 Å². The molecule has 0 spiro atoms. The van der Waals surface area contributed by atoms with E-state index in [1.165, 1.54) is 22.3 Å². The van der Waals surface area contributed by atoms with Crippen molar-refractivity contribution in [2.75, 3.05) is 0 Å². The number of rotatable bonds is 2. The molecule has 1 aliphatic rings. The molecule has 4 aromatic rings. The average molecular weight is 324 g/mol. The molecule has 1 aliphatic heterocycles. The molecular formula is C23H18NO+. The number of benzene rings is 3. The van der Waals surface area contributed by atoms with E-state index in [2.05, 4.69) is 77.4 Å². The molecule has 1 aromatic heterocycles. The Morgan fingerprint density at radius 2 is 1.32 bits per heavy atom. The summed E-state index contributed by atoms with van der Waals surface area (Å²) < 4.78 is 8.62. The smallest absolute Gasteiger partial charge is 0.382 e. The van der Waals surface area contributed by atoms with Gasteiger partial charge in [-0.2, -0.15) is 4.57 Å². The molecule has 2 nitrogen and oxygen atoms in total. The number of allylic oxidation sites excluding steroid dienone is 1. The fourth-order valence-electron chi connectivity index (χ4n) is 3.75. The first-order chi connectivity index (χ1) is 12.4. The molecule has 3 aromatic carbocycles. The van der Waals surface area contributed by atoms with Crippen molar-refractivity contribution in [1.82, 2.24) is 0 Å². The maximum absolute atomic E-state index is 6.31. The van der Waals surface area contributed by atoms with Gasteiger partial charge in [0.25, 0.3) is 5.52 Å². The molecule has 0 saturated heterocycles. The van der Waals surface area contributed by atoms with Crippen LogP contribution in [0.2, 0.25) is 0 Å². The monoisotopic (exact) mass is 324 g/mol. The quantitative estimate of drug-likeness (QED) is 0.470. The van der Waals surface area contributed by atoms with Gasteiger partial charge in [0, 0.05) is 12.5 Å². The van der Waals surface area contributed by atoms with Crippen LogP contribution in [0.25, 0.3) is 22.2 Å². The summed E-state index contributed by atoms with van der Waals surface area (Å²) in [6, 6.07) is 29.5. The number of aromatic nitrogens is 1. The third kappa shape index (κ3) is 2.30. The van der Waals surface area contributed by atoms with Crippen LogP contribution in [0.5, 0.6) is 0 Å². The molecule has 0 fully saturated rings. The second-order valence-electron chi connectivity index (χ2n) is 6.36. The number of hydrogen-bond acceptors (Lipinski definition) is 1. The first kappa shape index (κ1) is 14.2. The highest BCUT2D eigenvalue weighted by atomic mass is 16.4. The van der Waals surface area contributed by atoms with E-state index in [9.17, 15) is 0 Å². The van der Waals surface area contributed by atoms with E-state index in [0.717, 1.165) is 30.0 Å².